The SMILES string of the molecule is COc1cccc(C(=O)N2CCCCCC2CN)c1O. The Labute approximate surface area is 119 Å². The number of benzene rings is 1. The fraction of sp³-hybridized carbons (Fsp3) is 0.533. The van der Waals surface area contributed by atoms with Gasteiger partial charge in [-0.25, -0.2) is 0 Å². The number of hydrogen-bond donors (Lipinski definition) is 2. The number of phenolic OH excluding ortho intramolecular Hbond substituents is 1. The average Bonchev–Trinajstić information content (AvgIpc) is 2.72. The normalized spacial score (nSPS) is 19.5. The minimum absolute atomic E-state index is 0.0515. The van der Waals surface area contributed by atoms with Crippen LogP contribution in [-0.4, -0.2) is 42.2 Å². The summed E-state index contributed by atoms with van der Waals surface area (Å²) in [6.45, 7) is 1.15. The number of ether oxygens (including phenoxy) is 1. The third-order valence-electron chi connectivity index (χ3n) is 3.86. The van der Waals surface area contributed by atoms with E-state index in [2.05, 4.69) is 0 Å². The Balaban J connectivity index is 2.29. The summed E-state index contributed by atoms with van der Waals surface area (Å²) in [5.41, 5.74) is 6.07. The summed E-state index contributed by atoms with van der Waals surface area (Å²) in [4.78, 5) is 14.5. The molecule has 1 heterocycles. The Kier molecular flexibility index (Phi) is 4.84. The van der Waals surface area contributed by atoms with Crippen molar-refractivity contribution in [3.63, 3.8) is 0 Å². The molecule has 2 rings (SSSR count). The first kappa shape index (κ1) is 14.7. The highest BCUT2D eigenvalue weighted by molar-refractivity contribution is 5.97. The van der Waals surface area contributed by atoms with E-state index in [0.717, 1.165) is 25.7 Å². The topological polar surface area (TPSA) is 75.8 Å². The Morgan fingerprint density at radius 2 is 2.25 bits per heavy atom. The van der Waals surface area contributed by atoms with Gasteiger partial charge in [-0.15, -0.1) is 0 Å². The van der Waals surface area contributed by atoms with Gasteiger partial charge >= 0.3 is 0 Å². The maximum Gasteiger partial charge on any atom is 0.258 e. The second kappa shape index (κ2) is 6.61. The lowest BCUT2D eigenvalue weighted by molar-refractivity contribution is 0.0685. The number of hydrogen-bond acceptors (Lipinski definition) is 4. The Bertz CT molecular complexity index is 476. The van der Waals surface area contributed by atoms with Crippen LogP contribution in [0.5, 0.6) is 11.5 Å². The highest BCUT2D eigenvalue weighted by atomic mass is 16.5. The van der Waals surface area contributed by atoms with E-state index in [-0.39, 0.29) is 23.3 Å². The van der Waals surface area contributed by atoms with Crippen LogP contribution in [0.2, 0.25) is 0 Å². The maximum atomic E-state index is 12.7. The van der Waals surface area contributed by atoms with Crippen LogP contribution in [0.15, 0.2) is 18.2 Å². The Hall–Kier alpha value is -1.75. The highest BCUT2D eigenvalue weighted by Crippen LogP contribution is 2.31. The first-order valence-corrected chi connectivity index (χ1v) is 7.06. The highest BCUT2D eigenvalue weighted by Gasteiger charge is 2.27. The van der Waals surface area contributed by atoms with E-state index in [0.29, 0.717) is 18.8 Å². The molecule has 0 bridgehead atoms. The lowest BCUT2D eigenvalue weighted by Crippen LogP contribution is -2.44. The average molecular weight is 278 g/mol. The zero-order valence-corrected chi connectivity index (χ0v) is 11.8. The third-order valence-corrected chi connectivity index (χ3v) is 3.86. The summed E-state index contributed by atoms with van der Waals surface area (Å²) in [6.07, 6.45) is 4.11. The van der Waals surface area contributed by atoms with Crippen LogP contribution in [-0.2, 0) is 0 Å². The third kappa shape index (κ3) is 2.88. The van der Waals surface area contributed by atoms with Crippen LogP contribution < -0.4 is 10.5 Å². The van der Waals surface area contributed by atoms with Crippen molar-refractivity contribution < 1.29 is 14.6 Å². The van der Waals surface area contributed by atoms with Crippen molar-refractivity contribution in [2.24, 2.45) is 5.73 Å². The van der Waals surface area contributed by atoms with Gasteiger partial charge in [-0.2, -0.15) is 0 Å². The van der Waals surface area contributed by atoms with Crippen LogP contribution in [0.1, 0.15) is 36.0 Å². The molecule has 5 heteroatoms. The van der Waals surface area contributed by atoms with Crippen molar-refractivity contribution >= 4 is 5.91 Å². The minimum atomic E-state index is -0.168. The van der Waals surface area contributed by atoms with Crippen molar-refractivity contribution in [1.29, 1.82) is 0 Å². The Morgan fingerprint density at radius 3 is 2.95 bits per heavy atom. The zero-order chi connectivity index (χ0) is 14.5. The molecule has 1 aliphatic heterocycles. The molecule has 0 radical (unpaired) electrons. The van der Waals surface area contributed by atoms with Crippen LogP contribution in [0, 0.1) is 0 Å². The Morgan fingerprint density at radius 1 is 1.45 bits per heavy atom. The van der Waals surface area contributed by atoms with Gasteiger partial charge in [-0.1, -0.05) is 18.9 Å². The van der Waals surface area contributed by atoms with Crippen LogP contribution >= 0.6 is 0 Å². The lowest BCUT2D eigenvalue weighted by Gasteiger charge is -2.29. The van der Waals surface area contributed by atoms with Crippen molar-refractivity contribution in [3.8, 4) is 11.5 Å². The molecule has 5 nitrogen and oxygen atoms in total. The zero-order valence-electron chi connectivity index (χ0n) is 11.8. The van der Waals surface area contributed by atoms with Crippen LogP contribution in [0.25, 0.3) is 0 Å². The van der Waals surface area contributed by atoms with Gasteiger partial charge in [-0.05, 0) is 25.0 Å². The minimum Gasteiger partial charge on any atom is -0.504 e. The molecule has 1 aliphatic rings. The van der Waals surface area contributed by atoms with Gasteiger partial charge in [0.15, 0.2) is 11.5 Å². The number of aromatic hydroxyl groups is 1. The molecule has 1 unspecified atom stereocenters. The molecule has 1 saturated heterocycles. The van der Waals surface area contributed by atoms with Crippen molar-refractivity contribution in [2.75, 3.05) is 20.2 Å². The number of rotatable bonds is 3. The van der Waals surface area contributed by atoms with Gasteiger partial charge in [-0.3, -0.25) is 4.79 Å². The molecule has 3 N–H and O–H groups in total. The predicted molar refractivity (Wildman–Crippen MR) is 77.0 cm³/mol. The molecule has 1 aromatic rings. The number of amides is 1. The number of nitrogens with two attached hydrogens (primary N) is 1. The van der Waals surface area contributed by atoms with Gasteiger partial charge in [0.1, 0.15) is 0 Å². The molecule has 1 amide bonds. The van der Waals surface area contributed by atoms with Gasteiger partial charge < -0.3 is 20.5 Å². The van der Waals surface area contributed by atoms with Gasteiger partial charge in [0.05, 0.1) is 12.7 Å². The molecule has 20 heavy (non-hydrogen) atoms. The fourth-order valence-corrected chi connectivity index (χ4v) is 2.70. The van der Waals surface area contributed by atoms with Gasteiger partial charge in [0.2, 0.25) is 0 Å². The van der Waals surface area contributed by atoms with E-state index < -0.39 is 0 Å². The first-order valence-electron chi connectivity index (χ1n) is 7.06. The number of carbonyl (C=O) groups is 1. The maximum absolute atomic E-state index is 12.7. The molecule has 1 fully saturated rings. The van der Waals surface area contributed by atoms with Crippen molar-refractivity contribution in [1.82, 2.24) is 4.90 Å². The lowest BCUT2D eigenvalue weighted by atomic mass is 10.1. The summed E-state index contributed by atoms with van der Waals surface area (Å²) in [7, 11) is 1.47. The van der Waals surface area contributed by atoms with E-state index >= 15 is 0 Å². The molecule has 0 spiro atoms. The summed E-state index contributed by atoms with van der Waals surface area (Å²) < 4.78 is 5.06. The van der Waals surface area contributed by atoms with Crippen LogP contribution in [0.4, 0.5) is 0 Å². The summed E-state index contributed by atoms with van der Waals surface area (Å²) in [5.74, 6) is 0.0498. The fourth-order valence-electron chi connectivity index (χ4n) is 2.70. The summed E-state index contributed by atoms with van der Waals surface area (Å²) in [6, 6.07) is 5.02. The standard InChI is InChI=1S/C15H22N2O3/c1-20-13-8-5-7-12(14(13)18)15(19)17-9-4-2-3-6-11(17)10-16/h5,7-8,11,18H,2-4,6,9-10,16H2,1H3. The van der Waals surface area contributed by atoms with E-state index in [4.69, 9.17) is 10.5 Å². The molecular formula is C15H22N2O3. The number of nitrogens with zero attached hydrogens (tertiary/aromatic N) is 1. The number of phenols is 1. The number of likely N-dealkylation sites (tertiary alicyclic amines) is 1. The molecule has 0 aliphatic carbocycles. The second-order valence-corrected chi connectivity index (χ2v) is 5.09. The van der Waals surface area contributed by atoms with E-state index in [9.17, 15) is 9.90 Å². The molecular weight excluding hydrogens is 256 g/mol. The number of carbonyl (C=O) groups excluding carboxylic acids is 1. The number of para-hydroxylation sites is 1. The van der Waals surface area contributed by atoms with E-state index in [1.54, 1.807) is 23.1 Å². The summed E-state index contributed by atoms with van der Waals surface area (Å²) in [5, 5.41) is 10.1. The largest absolute Gasteiger partial charge is 0.504 e. The van der Waals surface area contributed by atoms with E-state index in [1.165, 1.54) is 7.11 Å². The quantitative estimate of drug-likeness (QED) is 0.883. The second-order valence-electron chi connectivity index (χ2n) is 5.09. The molecule has 0 saturated carbocycles. The summed E-state index contributed by atoms with van der Waals surface area (Å²) >= 11 is 0. The van der Waals surface area contributed by atoms with Gasteiger partial charge in [0.25, 0.3) is 5.91 Å². The first-order chi connectivity index (χ1) is 9.69. The van der Waals surface area contributed by atoms with E-state index in [1.807, 2.05) is 0 Å². The molecule has 1 atom stereocenters. The van der Waals surface area contributed by atoms with Gasteiger partial charge in [0, 0.05) is 19.1 Å². The molecule has 110 valence electrons. The molecule has 0 aromatic heterocycles. The predicted octanol–water partition coefficient (Wildman–Crippen LogP) is 1.74. The number of methoxy groups -OCH3 is 1. The smallest absolute Gasteiger partial charge is 0.258 e. The monoisotopic (exact) mass is 278 g/mol. The molecule has 1 aromatic carbocycles. The van der Waals surface area contributed by atoms with Crippen molar-refractivity contribution in [2.45, 2.75) is 31.7 Å². The van der Waals surface area contributed by atoms with Crippen LogP contribution in [0.3, 0.4) is 0 Å². The van der Waals surface area contributed by atoms with Crippen molar-refractivity contribution in [3.05, 3.63) is 23.8 Å².